The molecule has 0 saturated carbocycles. The number of sulfonamides is 1. The fraction of sp³-hybridized carbons (Fsp3) is 0.278. The third-order valence-corrected chi connectivity index (χ3v) is 5.64. The lowest BCUT2D eigenvalue weighted by Crippen LogP contribution is -2.27. The standard InChI is InChI=1S/C18H20Cl2N2O5S/c1-26-10-11-27-9-8-21-18(23)13-2-5-15(6-3-13)22-28(24,25)17-12-14(19)4-7-16(17)20/h2-7,12,22H,8-11H2,1H3,(H,21,23). The van der Waals surface area contributed by atoms with Crippen molar-refractivity contribution in [2.75, 3.05) is 38.2 Å². The molecule has 0 heterocycles. The number of nitrogens with one attached hydrogen (secondary N) is 2. The lowest BCUT2D eigenvalue weighted by Gasteiger charge is -2.11. The van der Waals surface area contributed by atoms with Crippen molar-refractivity contribution >= 4 is 44.8 Å². The van der Waals surface area contributed by atoms with Crippen LogP contribution in [0.3, 0.4) is 0 Å². The summed E-state index contributed by atoms with van der Waals surface area (Å²) in [4.78, 5) is 11.9. The summed E-state index contributed by atoms with van der Waals surface area (Å²) in [6.07, 6.45) is 0. The van der Waals surface area contributed by atoms with Crippen LogP contribution in [0, 0.1) is 0 Å². The molecule has 0 fully saturated rings. The predicted octanol–water partition coefficient (Wildman–Crippen LogP) is 3.19. The normalized spacial score (nSPS) is 11.2. The summed E-state index contributed by atoms with van der Waals surface area (Å²) in [6.45, 7) is 1.67. The van der Waals surface area contributed by atoms with Gasteiger partial charge in [-0.15, -0.1) is 0 Å². The monoisotopic (exact) mass is 446 g/mol. The molecule has 2 aromatic rings. The Kier molecular flexibility index (Phi) is 8.53. The molecule has 1 amide bonds. The average Bonchev–Trinajstić information content (AvgIpc) is 2.66. The first kappa shape index (κ1) is 22.4. The van der Waals surface area contributed by atoms with Gasteiger partial charge in [-0.1, -0.05) is 23.2 Å². The summed E-state index contributed by atoms with van der Waals surface area (Å²) < 4.78 is 37.5. The quantitative estimate of drug-likeness (QED) is 0.546. The van der Waals surface area contributed by atoms with Crippen molar-refractivity contribution in [2.24, 2.45) is 0 Å². The van der Waals surface area contributed by atoms with Crippen LogP contribution in [0.15, 0.2) is 47.4 Å². The summed E-state index contributed by atoms with van der Waals surface area (Å²) in [5, 5.41) is 3.02. The second-order valence-electron chi connectivity index (χ2n) is 5.62. The number of benzene rings is 2. The topological polar surface area (TPSA) is 93.7 Å². The van der Waals surface area contributed by atoms with Crippen molar-refractivity contribution in [3.8, 4) is 0 Å². The van der Waals surface area contributed by atoms with Crippen LogP contribution in [-0.4, -0.2) is 47.8 Å². The van der Waals surface area contributed by atoms with Crippen LogP contribution in [-0.2, 0) is 19.5 Å². The Bertz CT molecular complexity index is 905. The van der Waals surface area contributed by atoms with Gasteiger partial charge in [0.15, 0.2) is 0 Å². The highest BCUT2D eigenvalue weighted by molar-refractivity contribution is 7.92. The van der Waals surface area contributed by atoms with E-state index < -0.39 is 10.0 Å². The first-order valence-corrected chi connectivity index (χ1v) is 10.5. The summed E-state index contributed by atoms with van der Waals surface area (Å²) in [5.74, 6) is -0.289. The van der Waals surface area contributed by atoms with E-state index in [1.165, 1.54) is 42.5 Å². The predicted molar refractivity (Wildman–Crippen MR) is 109 cm³/mol. The molecule has 0 saturated heterocycles. The van der Waals surface area contributed by atoms with Gasteiger partial charge in [-0.2, -0.15) is 0 Å². The van der Waals surface area contributed by atoms with E-state index in [0.717, 1.165) is 0 Å². The Morgan fingerprint density at radius 3 is 2.43 bits per heavy atom. The lowest BCUT2D eigenvalue weighted by molar-refractivity contribution is 0.0692. The Balaban J connectivity index is 1.95. The lowest BCUT2D eigenvalue weighted by atomic mass is 10.2. The van der Waals surface area contributed by atoms with Crippen molar-refractivity contribution in [1.82, 2.24) is 5.32 Å². The molecule has 10 heteroatoms. The first-order valence-electron chi connectivity index (χ1n) is 8.26. The van der Waals surface area contributed by atoms with Crippen molar-refractivity contribution in [2.45, 2.75) is 4.90 Å². The fourth-order valence-corrected chi connectivity index (χ4v) is 3.99. The van der Waals surface area contributed by atoms with Crippen LogP contribution in [0.2, 0.25) is 10.0 Å². The average molecular weight is 447 g/mol. The molecule has 2 N–H and O–H groups in total. The van der Waals surface area contributed by atoms with Crippen LogP contribution in [0.4, 0.5) is 5.69 Å². The number of methoxy groups -OCH3 is 1. The second-order valence-corrected chi connectivity index (χ2v) is 8.11. The van der Waals surface area contributed by atoms with E-state index >= 15 is 0 Å². The molecule has 0 atom stereocenters. The summed E-state index contributed by atoms with van der Waals surface area (Å²) in [5.41, 5.74) is 0.677. The Hall–Kier alpha value is -1.84. The molecule has 0 aliphatic carbocycles. The highest BCUT2D eigenvalue weighted by Crippen LogP contribution is 2.26. The molecule has 0 aliphatic rings. The molecule has 28 heavy (non-hydrogen) atoms. The molecule has 0 bridgehead atoms. The Labute approximate surface area is 174 Å². The van der Waals surface area contributed by atoms with Gasteiger partial charge >= 0.3 is 0 Å². The number of ether oxygens (including phenoxy) is 2. The minimum atomic E-state index is -3.92. The molecule has 0 spiro atoms. The van der Waals surface area contributed by atoms with Crippen LogP contribution in [0.25, 0.3) is 0 Å². The van der Waals surface area contributed by atoms with Gasteiger partial charge in [0.25, 0.3) is 15.9 Å². The maximum Gasteiger partial charge on any atom is 0.263 e. The molecule has 0 radical (unpaired) electrons. The van der Waals surface area contributed by atoms with Crippen LogP contribution >= 0.6 is 23.2 Å². The van der Waals surface area contributed by atoms with E-state index in [9.17, 15) is 13.2 Å². The number of anilines is 1. The zero-order valence-electron chi connectivity index (χ0n) is 15.1. The van der Waals surface area contributed by atoms with E-state index in [0.29, 0.717) is 31.9 Å². The summed E-state index contributed by atoms with van der Waals surface area (Å²) in [7, 11) is -2.34. The van der Waals surface area contributed by atoms with Crippen LogP contribution in [0.1, 0.15) is 10.4 Å². The van der Waals surface area contributed by atoms with Gasteiger partial charge < -0.3 is 14.8 Å². The van der Waals surface area contributed by atoms with Gasteiger partial charge in [0.1, 0.15) is 4.90 Å². The van der Waals surface area contributed by atoms with Crippen molar-refractivity contribution in [3.05, 3.63) is 58.1 Å². The molecule has 0 aromatic heterocycles. The molecule has 0 aliphatic heterocycles. The largest absolute Gasteiger partial charge is 0.382 e. The van der Waals surface area contributed by atoms with Gasteiger partial charge in [-0.25, -0.2) is 8.42 Å². The number of carbonyl (C=O) groups is 1. The van der Waals surface area contributed by atoms with Gasteiger partial charge in [-0.3, -0.25) is 9.52 Å². The maximum absolute atomic E-state index is 12.5. The molecule has 7 nitrogen and oxygen atoms in total. The SMILES string of the molecule is COCCOCCNC(=O)c1ccc(NS(=O)(=O)c2cc(Cl)ccc2Cl)cc1. The van der Waals surface area contributed by atoms with Gasteiger partial charge in [0, 0.05) is 29.9 Å². The number of amides is 1. The number of rotatable bonds is 10. The number of hydrogen-bond acceptors (Lipinski definition) is 5. The number of halogens is 2. The minimum absolute atomic E-state index is 0.0561. The number of hydrogen-bond donors (Lipinski definition) is 2. The molecule has 2 aromatic carbocycles. The van der Waals surface area contributed by atoms with E-state index in [2.05, 4.69) is 10.0 Å². The van der Waals surface area contributed by atoms with Crippen LogP contribution in [0.5, 0.6) is 0 Å². The third kappa shape index (κ3) is 6.65. The summed E-state index contributed by atoms with van der Waals surface area (Å²) in [6, 6.07) is 10.2. The van der Waals surface area contributed by atoms with Gasteiger partial charge in [-0.05, 0) is 42.5 Å². The minimum Gasteiger partial charge on any atom is -0.382 e. The smallest absolute Gasteiger partial charge is 0.263 e. The van der Waals surface area contributed by atoms with Crippen molar-refractivity contribution in [3.63, 3.8) is 0 Å². The zero-order valence-corrected chi connectivity index (χ0v) is 17.4. The number of carbonyl (C=O) groups excluding carboxylic acids is 1. The second kappa shape index (κ2) is 10.6. The van der Waals surface area contributed by atoms with Crippen molar-refractivity contribution < 1.29 is 22.7 Å². The van der Waals surface area contributed by atoms with E-state index in [1.54, 1.807) is 7.11 Å². The van der Waals surface area contributed by atoms with Crippen LogP contribution < -0.4 is 10.0 Å². The molecule has 0 unspecified atom stereocenters. The maximum atomic E-state index is 12.5. The Morgan fingerprint density at radius 1 is 1.04 bits per heavy atom. The van der Waals surface area contributed by atoms with Crippen molar-refractivity contribution in [1.29, 1.82) is 0 Å². The highest BCUT2D eigenvalue weighted by Gasteiger charge is 2.18. The molecule has 2 rings (SSSR count). The highest BCUT2D eigenvalue weighted by atomic mass is 35.5. The van der Waals surface area contributed by atoms with E-state index in [4.69, 9.17) is 32.7 Å². The fourth-order valence-electron chi connectivity index (χ4n) is 2.17. The van der Waals surface area contributed by atoms with Gasteiger partial charge in [0.2, 0.25) is 0 Å². The first-order chi connectivity index (χ1) is 13.3. The molecular formula is C18H20Cl2N2O5S. The summed E-state index contributed by atoms with van der Waals surface area (Å²) >= 11 is 11.8. The zero-order chi connectivity index (χ0) is 20.6. The van der Waals surface area contributed by atoms with E-state index in [1.807, 2.05) is 0 Å². The third-order valence-electron chi connectivity index (χ3n) is 3.55. The molecular weight excluding hydrogens is 427 g/mol. The van der Waals surface area contributed by atoms with E-state index in [-0.39, 0.29) is 26.5 Å². The molecule has 152 valence electrons. The Morgan fingerprint density at radius 2 is 1.75 bits per heavy atom. The van der Waals surface area contributed by atoms with Gasteiger partial charge in [0.05, 0.1) is 24.8 Å².